The van der Waals surface area contributed by atoms with Gasteiger partial charge in [-0.25, -0.2) is 0 Å². The Kier molecular flexibility index (Phi) is 2.86. The van der Waals surface area contributed by atoms with E-state index < -0.39 is 0 Å². The molecule has 2 nitrogen and oxygen atoms in total. The fourth-order valence-electron chi connectivity index (χ4n) is 2.93. The number of ketones is 1. The number of benzene rings is 1. The lowest BCUT2D eigenvalue weighted by Crippen LogP contribution is -2.10. The Labute approximate surface area is 107 Å². The highest BCUT2D eigenvalue weighted by atomic mass is 16.1. The summed E-state index contributed by atoms with van der Waals surface area (Å²) < 4.78 is 0. The van der Waals surface area contributed by atoms with Crippen LogP contribution in [-0.2, 0) is 11.2 Å². The van der Waals surface area contributed by atoms with Gasteiger partial charge in [-0.3, -0.25) is 9.78 Å². The average molecular weight is 239 g/mol. The SMILES string of the molecule is Cc1cc(CC2CCCC2=O)c2ccccc2n1. The molecule has 0 N–H and O–H groups in total. The maximum absolute atomic E-state index is 11.8. The monoisotopic (exact) mass is 239 g/mol. The molecule has 92 valence electrons. The zero-order valence-electron chi connectivity index (χ0n) is 10.6. The van der Waals surface area contributed by atoms with Gasteiger partial charge in [-0.2, -0.15) is 0 Å². The summed E-state index contributed by atoms with van der Waals surface area (Å²) in [6.07, 6.45) is 3.76. The van der Waals surface area contributed by atoms with Gasteiger partial charge in [-0.1, -0.05) is 18.2 Å². The van der Waals surface area contributed by atoms with E-state index >= 15 is 0 Å². The molecule has 0 amide bonds. The van der Waals surface area contributed by atoms with Crippen LogP contribution >= 0.6 is 0 Å². The Balaban J connectivity index is 2.02. The third-order valence-corrected chi connectivity index (χ3v) is 3.83. The molecule has 0 aliphatic heterocycles. The molecule has 1 aliphatic carbocycles. The summed E-state index contributed by atoms with van der Waals surface area (Å²) in [5.74, 6) is 0.670. The van der Waals surface area contributed by atoms with Crippen molar-refractivity contribution in [2.24, 2.45) is 5.92 Å². The topological polar surface area (TPSA) is 30.0 Å². The third kappa shape index (κ3) is 2.03. The summed E-state index contributed by atoms with van der Waals surface area (Å²) in [7, 11) is 0. The van der Waals surface area contributed by atoms with Gasteiger partial charge in [-0.15, -0.1) is 0 Å². The summed E-state index contributed by atoms with van der Waals surface area (Å²) in [4.78, 5) is 16.3. The quantitative estimate of drug-likeness (QED) is 0.803. The maximum atomic E-state index is 11.8. The summed E-state index contributed by atoms with van der Waals surface area (Å²) in [6, 6.07) is 10.3. The Morgan fingerprint density at radius 3 is 2.94 bits per heavy atom. The second kappa shape index (κ2) is 4.52. The Morgan fingerprint density at radius 1 is 1.33 bits per heavy atom. The number of Topliss-reactive ketones (excluding diaryl/α,β-unsaturated/α-hetero) is 1. The lowest BCUT2D eigenvalue weighted by molar-refractivity contribution is -0.120. The molecule has 2 aromatic rings. The van der Waals surface area contributed by atoms with E-state index in [0.29, 0.717) is 5.78 Å². The van der Waals surface area contributed by atoms with Crippen LogP contribution in [0.1, 0.15) is 30.5 Å². The number of aryl methyl sites for hydroxylation is 1. The molecule has 18 heavy (non-hydrogen) atoms. The second-order valence-electron chi connectivity index (χ2n) is 5.20. The molecular weight excluding hydrogens is 222 g/mol. The molecule has 1 unspecified atom stereocenters. The van der Waals surface area contributed by atoms with Crippen molar-refractivity contribution < 1.29 is 4.79 Å². The molecule has 0 spiro atoms. The molecule has 1 heterocycles. The molecule has 3 rings (SSSR count). The maximum Gasteiger partial charge on any atom is 0.136 e. The number of hydrogen-bond donors (Lipinski definition) is 0. The van der Waals surface area contributed by atoms with Gasteiger partial charge in [0.1, 0.15) is 5.78 Å². The predicted molar refractivity (Wildman–Crippen MR) is 72.5 cm³/mol. The molecule has 0 radical (unpaired) electrons. The van der Waals surface area contributed by atoms with Gasteiger partial charge < -0.3 is 0 Å². The van der Waals surface area contributed by atoms with Crippen LogP contribution < -0.4 is 0 Å². The number of carbonyl (C=O) groups is 1. The summed E-state index contributed by atoms with van der Waals surface area (Å²) in [5.41, 5.74) is 3.35. The number of aromatic nitrogens is 1. The van der Waals surface area contributed by atoms with Crippen LogP contribution in [0.3, 0.4) is 0 Å². The van der Waals surface area contributed by atoms with Crippen molar-refractivity contribution >= 4 is 16.7 Å². The van der Waals surface area contributed by atoms with Gasteiger partial charge in [0.15, 0.2) is 0 Å². The van der Waals surface area contributed by atoms with Crippen LogP contribution in [0.5, 0.6) is 0 Å². The number of rotatable bonds is 2. The first-order valence-corrected chi connectivity index (χ1v) is 6.62. The highest BCUT2D eigenvalue weighted by Crippen LogP contribution is 2.28. The predicted octanol–water partition coefficient (Wildman–Crippen LogP) is 3.45. The van der Waals surface area contributed by atoms with Crippen molar-refractivity contribution in [3.05, 3.63) is 41.6 Å². The second-order valence-corrected chi connectivity index (χ2v) is 5.20. The Morgan fingerprint density at radius 2 is 2.17 bits per heavy atom. The third-order valence-electron chi connectivity index (χ3n) is 3.83. The molecule has 1 fully saturated rings. The van der Waals surface area contributed by atoms with Gasteiger partial charge in [0.25, 0.3) is 0 Å². The lowest BCUT2D eigenvalue weighted by atomic mass is 9.94. The molecule has 1 aromatic heterocycles. The molecule has 1 saturated carbocycles. The molecule has 2 heteroatoms. The fraction of sp³-hybridized carbons (Fsp3) is 0.375. The normalized spacial score (nSPS) is 19.6. The fourth-order valence-corrected chi connectivity index (χ4v) is 2.93. The molecule has 1 aliphatic rings. The van der Waals surface area contributed by atoms with E-state index in [-0.39, 0.29) is 5.92 Å². The van der Waals surface area contributed by atoms with Crippen molar-refractivity contribution in [1.82, 2.24) is 4.98 Å². The van der Waals surface area contributed by atoms with E-state index in [9.17, 15) is 4.79 Å². The minimum atomic E-state index is 0.232. The minimum Gasteiger partial charge on any atom is -0.299 e. The van der Waals surface area contributed by atoms with Gasteiger partial charge in [-0.05, 0) is 43.9 Å². The van der Waals surface area contributed by atoms with Gasteiger partial charge in [0.2, 0.25) is 0 Å². The average Bonchev–Trinajstić information content (AvgIpc) is 2.75. The summed E-state index contributed by atoms with van der Waals surface area (Å²) >= 11 is 0. The highest BCUT2D eigenvalue weighted by molar-refractivity contribution is 5.86. The van der Waals surface area contributed by atoms with E-state index in [1.807, 2.05) is 25.1 Å². The standard InChI is InChI=1S/C16H17NO/c1-11-9-13(10-12-5-4-8-16(12)18)14-6-2-3-7-15(14)17-11/h2-3,6-7,9,12H,4-5,8,10H2,1H3. The number of para-hydroxylation sites is 1. The first kappa shape index (κ1) is 11.4. The molecule has 0 saturated heterocycles. The molecule has 1 aromatic carbocycles. The number of hydrogen-bond acceptors (Lipinski definition) is 2. The van der Waals surface area contributed by atoms with Crippen molar-refractivity contribution in [2.75, 3.05) is 0 Å². The Hall–Kier alpha value is -1.70. The van der Waals surface area contributed by atoms with E-state index in [2.05, 4.69) is 17.1 Å². The summed E-state index contributed by atoms with van der Waals surface area (Å²) in [6.45, 7) is 2.02. The number of carbonyl (C=O) groups excluding carboxylic acids is 1. The van der Waals surface area contributed by atoms with Crippen molar-refractivity contribution in [3.63, 3.8) is 0 Å². The molecule has 1 atom stereocenters. The lowest BCUT2D eigenvalue weighted by Gasteiger charge is -2.11. The van der Waals surface area contributed by atoms with Crippen LogP contribution in [0, 0.1) is 12.8 Å². The minimum absolute atomic E-state index is 0.232. The Bertz CT molecular complexity index is 603. The van der Waals surface area contributed by atoms with Gasteiger partial charge in [0.05, 0.1) is 5.52 Å². The number of pyridine rings is 1. The van der Waals surface area contributed by atoms with Crippen molar-refractivity contribution in [1.29, 1.82) is 0 Å². The van der Waals surface area contributed by atoms with Crippen molar-refractivity contribution in [2.45, 2.75) is 32.6 Å². The first-order valence-electron chi connectivity index (χ1n) is 6.62. The van der Waals surface area contributed by atoms with Gasteiger partial charge in [0, 0.05) is 23.4 Å². The van der Waals surface area contributed by atoms with Crippen LogP contribution in [0.15, 0.2) is 30.3 Å². The van der Waals surface area contributed by atoms with E-state index in [1.54, 1.807) is 0 Å². The van der Waals surface area contributed by atoms with Crippen LogP contribution in [0.4, 0.5) is 0 Å². The summed E-state index contributed by atoms with van der Waals surface area (Å²) in [5, 5.41) is 1.20. The number of nitrogens with zero attached hydrogens (tertiary/aromatic N) is 1. The van der Waals surface area contributed by atoms with Crippen molar-refractivity contribution in [3.8, 4) is 0 Å². The highest BCUT2D eigenvalue weighted by Gasteiger charge is 2.25. The smallest absolute Gasteiger partial charge is 0.136 e. The molecular formula is C16H17NO. The van der Waals surface area contributed by atoms with E-state index in [4.69, 9.17) is 0 Å². The van der Waals surface area contributed by atoms with Gasteiger partial charge >= 0.3 is 0 Å². The van der Waals surface area contributed by atoms with Crippen LogP contribution in [0.2, 0.25) is 0 Å². The van der Waals surface area contributed by atoms with E-state index in [1.165, 1.54) is 10.9 Å². The first-order chi connectivity index (χ1) is 8.74. The zero-order valence-corrected chi connectivity index (χ0v) is 10.6. The number of fused-ring (bicyclic) bond motifs is 1. The zero-order chi connectivity index (χ0) is 12.5. The van der Waals surface area contributed by atoms with E-state index in [0.717, 1.165) is 36.9 Å². The van der Waals surface area contributed by atoms with Crippen LogP contribution in [-0.4, -0.2) is 10.8 Å². The largest absolute Gasteiger partial charge is 0.299 e. The molecule has 0 bridgehead atoms. The van der Waals surface area contributed by atoms with Crippen LogP contribution in [0.25, 0.3) is 10.9 Å².